The molecule has 0 aliphatic heterocycles. The van der Waals surface area contributed by atoms with Crippen LogP contribution in [0.5, 0.6) is 0 Å². The molecule has 0 aliphatic rings. The summed E-state index contributed by atoms with van der Waals surface area (Å²) in [5, 5.41) is 8.36. The zero-order valence-electron chi connectivity index (χ0n) is 8.25. The van der Waals surface area contributed by atoms with E-state index in [-0.39, 0.29) is 6.42 Å². The molecule has 0 aromatic rings. The van der Waals surface area contributed by atoms with Crippen LogP contribution in [-0.4, -0.2) is 16.7 Å². The van der Waals surface area contributed by atoms with Crippen molar-refractivity contribution in [1.29, 1.82) is 0 Å². The topological polar surface area (TPSA) is 89.3 Å². The van der Waals surface area contributed by atoms with Crippen LogP contribution in [0.15, 0.2) is 0 Å². The Kier molecular flexibility index (Phi) is 5.66. The predicted octanol–water partition coefficient (Wildman–Crippen LogP) is 1.05. The smallest absolute Gasteiger partial charge is 0.303 e. The van der Waals surface area contributed by atoms with Crippen LogP contribution in [0.3, 0.4) is 0 Å². The summed E-state index contributed by atoms with van der Waals surface area (Å²) < 4.78 is 0. The molecule has 0 rings (SSSR count). The lowest BCUT2D eigenvalue weighted by molar-refractivity contribution is -0.137. The zero-order valence-corrected chi connectivity index (χ0v) is 8.25. The van der Waals surface area contributed by atoms with Crippen molar-refractivity contribution in [2.45, 2.75) is 51.1 Å². The number of nitrogens with two attached hydrogens (primary N) is 2. The van der Waals surface area contributed by atoms with E-state index in [9.17, 15) is 4.79 Å². The van der Waals surface area contributed by atoms with Gasteiger partial charge in [-0.2, -0.15) is 0 Å². The van der Waals surface area contributed by atoms with E-state index >= 15 is 0 Å². The normalized spacial score (nSPS) is 11.6. The van der Waals surface area contributed by atoms with Crippen LogP contribution in [0.4, 0.5) is 0 Å². The maximum atomic E-state index is 10.2. The van der Waals surface area contributed by atoms with Gasteiger partial charge in [0.25, 0.3) is 0 Å². The van der Waals surface area contributed by atoms with E-state index in [1.165, 1.54) is 0 Å². The van der Waals surface area contributed by atoms with Crippen molar-refractivity contribution in [3.63, 3.8) is 0 Å². The fourth-order valence-corrected chi connectivity index (χ4v) is 1.14. The largest absolute Gasteiger partial charge is 0.481 e. The van der Waals surface area contributed by atoms with Crippen molar-refractivity contribution in [1.82, 2.24) is 0 Å². The molecule has 4 nitrogen and oxygen atoms in total. The Morgan fingerprint density at radius 2 is 1.77 bits per heavy atom. The standard InChI is InChI=1S/C9H20N2O2/c1-9(10,11)7-5-3-2-4-6-8(12)13/h2-7,10-11H2,1H3,(H,12,13). The molecule has 0 atom stereocenters. The number of carbonyl (C=O) groups is 1. The number of rotatable bonds is 7. The van der Waals surface area contributed by atoms with E-state index < -0.39 is 11.6 Å². The van der Waals surface area contributed by atoms with E-state index in [0.717, 1.165) is 32.1 Å². The molecule has 78 valence electrons. The Balaban J connectivity index is 3.13. The summed E-state index contributed by atoms with van der Waals surface area (Å²) in [6, 6.07) is 0. The maximum absolute atomic E-state index is 10.2. The molecule has 0 heterocycles. The van der Waals surface area contributed by atoms with Gasteiger partial charge in [0.1, 0.15) is 0 Å². The molecule has 5 N–H and O–H groups in total. The molecule has 0 spiro atoms. The summed E-state index contributed by atoms with van der Waals surface area (Å²) in [7, 11) is 0. The number of carboxylic acids is 1. The molecular formula is C9H20N2O2. The quantitative estimate of drug-likeness (QED) is 0.411. The van der Waals surface area contributed by atoms with Gasteiger partial charge in [0.05, 0.1) is 5.66 Å². The van der Waals surface area contributed by atoms with Gasteiger partial charge in [-0.1, -0.05) is 19.3 Å². The van der Waals surface area contributed by atoms with Gasteiger partial charge < -0.3 is 16.6 Å². The molecule has 0 unspecified atom stereocenters. The highest BCUT2D eigenvalue weighted by molar-refractivity contribution is 5.66. The van der Waals surface area contributed by atoms with E-state index in [0.29, 0.717) is 0 Å². The van der Waals surface area contributed by atoms with Crippen LogP contribution in [0.2, 0.25) is 0 Å². The third-order valence-corrected chi connectivity index (χ3v) is 1.86. The average Bonchev–Trinajstić information content (AvgIpc) is 1.93. The Bertz CT molecular complexity index is 152. The summed E-state index contributed by atoms with van der Waals surface area (Å²) in [5.74, 6) is -0.720. The van der Waals surface area contributed by atoms with Gasteiger partial charge in [0.15, 0.2) is 0 Å². The first-order chi connectivity index (χ1) is 5.92. The Labute approximate surface area is 79.3 Å². The van der Waals surface area contributed by atoms with Crippen LogP contribution in [-0.2, 0) is 4.79 Å². The van der Waals surface area contributed by atoms with Gasteiger partial charge in [0, 0.05) is 6.42 Å². The first-order valence-electron chi connectivity index (χ1n) is 4.71. The fourth-order valence-electron chi connectivity index (χ4n) is 1.14. The van der Waals surface area contributed by atoms with Crippen LogP contribution < -0.4 is 11.5 Å². The van der Waals surface area contributed by atoms with Gasteiger partial charge in [-0.25, -0.2) is 0 Å². The van der Waals surface area contributed by atoms with E-state index in [1.807, 2.05) is 0 Å². The third kappa shape index (κ3) is 11.4. The predicted molar refractivity (Wildman–Crippen MR) is 52.1 cm³/mol. The molecule has 0 aliphatic carbocycles. The average molecular weight is 188 g/mol. The molecule has 0 radical (unpaired) electrons. The molecule has 13 heavy (non-hydrogen) atoms. The minimum atomic E-state index is -0.720. The van der Waals surface area contributed by atoms with E-state index in [2.05, 4.69) is 0 Å². The summed E-state index contributed by atoms with van der Waals surface area (Å²) in [5.41, 5.74) is 10.6. The number of unbranched alkanes of at least 4 members (excludes halogenated alkanes) is 3. The summed E-state index contributed by atoms with van der Waals surface area (Å²) in [6.45, 7) is 1.80. The highest BCUT2D eigenvalue weighted by Crippen LogP contribution is 2.09. The molecule has 0 saturated heterocycles. The van der Waals surface area contributed by atoms with Crippen LogP contribution in [0.25, 0.3) is 0 Å². The van der Waals surface area contributed by atoms with E-state index in [1.54, 1.807) is 6.92 Å². The molecule has 0 amide bonds. The van der Waals surface area contributed by atoms with Crippen LogP contribution in [0.1, 0.15) is 45.4 Å². The highest BCUT2D eigenvalue weighted by atomic mass is 16.4. The number of hydrogen-bond acceptors (Lipinski definition) is 3. The number of hydrogen-bond donors (Lipinski definition) is 3. The number of aliphatic carboxylic acids is 1. The highest BCUT2D eigenvalue weighted by Gasteiger charge is 2.09. The van der Waals surface area contributed by atoms with E-state index in [4.69, 9.17) is 16.6 Å². The summed E-state index contributed by atoms with van der Waals surface area (Å²) in [6.07, 6.45) is 4.74. The molecule has 0 bridgehead atoms. The third-order valence-electron chi connectivity index (χ3n) is 1.86. The SMILES string of the molecule is CC(N)(N)CCCCCCC(=O)O. The summed E-state index contributed by atoms with van der Waals surface area (Å²) in [4.78, 5) is 10.2. The second-order valence-electron chi connectivity index (χ2n) is 3.81. The molecule has 0 saturated carbocycles. The Morgan fingerprint density at radius 3 is 2.23 bits per heavy atom. The van der Waals surface area contributed by atoms with Gasteiger partial charge in [-0.05, 0) is 19.8 Å². The molecule has 4 heteroatoms. The second-order valence-corrected chi connectivity index (χ2v) is 3.81. The van der Waals surface area contributed by atoms with Gasteiger partial charge in [-0.15, -0.1) is 0 Å². The Morgan fingerprint density at radius 1 is 1.23 bits per heavy atom. The van der Waals surface area contributed by atoms with Gasteiger partial charge >= 0.3 is 5.97 Å². The second kappa shape index (κ2) is 5.94. The van der Waals surface area contributed by atoms with Gasteiger partial charge in [-0.3, -0.25) is 4.79 Å². The first kappa shape index (κ1) is 12.4. The monoisotopic (exact) mass is 188 g/mol. The van der Waals surface area contributed by atoms with Crippen molar-refractivity contribution in [2.24, 2.45) is 11.5 Å². The Hall–Kier alpha value is -0.610. The lowest BCUT2D eigenvalue weighted by atomic mass is 10.0. The van der Waals surface area contributed by atoms with Crippen molar-refractivity contribution in [3.8, 4) is 0 Å². The van der Waals surface area contributed by atoms with Crippen molar-refractivity contribution < 1.29 is 9.90 Å². The lowest BCUT2D eigenvalue weighted by Gasteiger charge is -2.17. The minimum Gasteiger partial charge on any atom is -0.481 e. The fraction of sp³-hybridized carbons (Fsp3) is 0.889. The van der Waals surface area contributed by atoms with Gasteiger partial charge in [0.2, 0.25) is 0 Å². The summed E-state index contributed by atoms with van der Waals surface area (Å²) >= 11 is 0. The lowest BCUT2D eigenvalue weighted by Crippen LogP contribution is -2.45. The first-order valence-corrected chi connectivity index (χ1v) is 4.71. The van der Waals surface area contributed by atoms with Crippen LogP contribution >= 0.6 is 0 Å². The number of carboxylic acid groups (broad SMARTS) is 1. The van der Waals surface area contributed by atoms with Crippen molar-refractivity contribution in [2.75, 3.05) is 0 Å². The van der Waals surface area contributed by atoms with Crippen molar-refractivity contribution >= 4 is 5.97 Å². The molecular weight excluding hydrogens is 168 g/mol. The minimum absolute atomic E-state index is 0.266. The molecule has 0 fully saturated rings. The molecule has 0 aromatic carbocycles. The molecule has 0 aromatic heterocycles. The van der Waals surface area contributed by atoms with Crippen molar-refractivity contribution in [3.05, 3.63) is 0 Å². The van der Waals surface area contributed by atoms with Crippen LogP contribution in [0, 0.1) is 0 Å². The zero-order chi connectivity index (χ0) is 10.3. The maximum Gasteiger partial charge on any atom is 0.303 e.